The number of para-hydroxylation sites is 1. The topological polar surface area (TPSA) is 150 Å². The Bertz CT molecular complexity index is 1050. The molecular weight excluding hydrogens is 339 g/mol. The number of ether oxygens (including phenoxy) is 1. The third kappa shape index (κ3) is 3.16. The van der Waals surface area contributed by atoms with Gasteiger partial charge in [0.15, 0.2) is 5.52 Å². The van der Waals surface area contributed by atoms with Crippen molar-refractivity contribution in [3.8, 4) is 5.75 Å². The van der Waals surface area contributed by atoms with Crippen LogP contribution < -0.4 is 21.3 Å². The Hall–Kier alpha value is -2.68. The minimum Gasteiger partial charge on any atom is -0.491 e. The quantitative estimate of drug-likeness (QED) is 0.443. The monoisotopic (exact) mass is 352 g/mol. The molecule has 0 aliphatic heterocycles. The first-order valence-corrected chi connectivity index (χ1v) is 8.43. The van der Waals surface area contributed by atoms with Gasteiger partial charge in [0, 0.05) is 0 Å². The Labute approximate surface area is 133 Å². The highest BCUT2D eigenvalue weighted by atomic mass is 31.2. The average molecular weight is 352 g/mol. The van der Waals surface area contributed by atoms with Crippen LogP contribution in [0.15, 0.2) is 40.2 Å². The summed E-state index contributed by atoms with van der Waals surface area (Å²) >= 11 is 0. The highest BCUT2D eigenvalue weighted by Gasteiger charge is 2.22. The summed E-state index contributed by atoms with van der Waals surface area (Å²) in [6.07, 6.45) is 1.37. The Morgan fingerprint density at radius 3 is 2.71 bits per heavy atom. The van der Waals surface area contributed by atoms with E-state index in [9.17, 15) is 23.9 Å². The summed E-state index contributed by atoms with van der Waals surface area (Å²) in [5.74, 6) is 0.0709. The van der Waals surface area contributed by atoms with Gasteiger partial charge in [0.2, 0.25) is 0 Å². The molecule has 0 aliphatic rings. The van der Waals surface area contributed by atoms with Crippen molar-refractivity contribution in [2.75, 3.05) is 6.61 Å². The van der Waals surface area contributed by atoms with Crippen LogP contribution in [0.3, 0.4) is 0 Å². The van der Waals surface area contributed by atoms with Gasteiger partial charge in [-0.05, 0) is 12.1 Å². The molecule has 0 saturated carbocycles. The number of imidazole rings is 1. The van der Waals surface area contributed by atoms with Gasteiger partial charge >= 0.3 is 13.3 Å². The molecule has 10 nitrogen and oxygen atoms in total. The lowest BCUT2D eigenvalue weighted by Crippen LogP contribution is -2.23. The van der Waals surface area contributed by atoms with Crippen LogP contribution in [-0.2, 0) is 11.1 Å². The second kappa shape index (κ2) is 6.08. The van der Waals surface area contributed by atoms with E-state index in [-0.39, 0.29) is 35.4 Å². The number of hydrogen-bond acceptors (Lipinski definition) is 5. The van der Waals surface area contributed by atoms with Gasteiger partial charge in [-0.1, -0.05) is 12.1 Å². The number of aromatic nitrogens is 4. The molecule has 0 radical (unpaired) electrons. The number of rotatable bonds is 5. The van der Waals surface area contributed by atoms with Gasteiger partial charge < -0.3 is 19.1 Å². The highest BCUT2D eigenvalue weighted by Crippen LogP contribution is 2.37. The lowest BCUT2D eigenvalue weighted by Gasteiger charge is -2.12. The van der Waals surface area contributed by atoms with Crippen molar-refractivity contribution in [1.29, 1.82) is 0 Å². The van der Waals surface area contributed by atoms with E-state index in [2.05, 4.69) is 15.0 Å². The Balaban J connectivity index is 1.80. The molecule has 0 spiro atoms. The van der Waals surface area contributed by atoms with Crippen molar-refractivity contribution in [3.63, 3.8) is 0 Å². The van der Waals surface area contributed by atoms with Gasteiger partial charge in [0.05, 0.1) is 12.9 Å². The number of nitrogens with one attached hydrogen (secondary N) is 2. The van der Waals surface area contributed by atoms with E-state index in [1.807, 2.05) is 0 Å². The zero-order valence-electron chi connectivity index (χ0n) is 12.2. The smallest absolute Gasteiger partial charge is 0.359 e. The average Bonchev–Trinajstić information content (AvgIpc) is 2.90. The second-order valence-corrected chi connectivity index (χ2v) is 6.47. The van der Waals surface area contributed by atoms with Crippen molar-refractivity contribution in [3.05, 3.63) is 51.4 Å². The van der Waals surface area contributed by atoms with Gasteiger partial charge in [-0.15, -0.1) is 0 Å². The fourth-order valence-electron chi connectivity index (χ4n) is 2.22. The first-order valence-electron chi connectivity index (χ1n) is 6.81. The maximum atomic E-state index is 11.6. The van der Waals surface area contributed by atoms with E-state index in [0.29, 0.717) is 0 Å². The highest BCUT2D eigenvalue weighted by molar-refractivity contribution is 7.60. The number of nitrogens with zero attached hydrogens (tertiary/aromatic N) is 2. The lowest BCUT2D eigenvalue weighted by atomic mass is 10.3. The first-order chi connectivity index (χ1) is 11.4. The number of aromatic amines is 2. The molecule has 0 aliphatic carbocycles. The summed E-state index contributed by atoms with van der Waals surface area (Å²) in [7, 11) is -4.45. The summed E-state index contributed by atoms with van der Waals surface area (Å²) in [6.45, 7) is 0.267. The number of H-pyrrole nitrogens is 2. The van der Waals surface area contributed by atoms with Crippen molar-refractivity contribution in [2.45, 2.75) is 6.54 Å². The minimum atomic E-state index is -4.45. The predicted molar refractivity (Wildman–Crippen MR) is 84.6 cm³/mol. The molecule has 126 valence electrons. The third-order valence-corrected chi connectivity index (χ3v) is 4.28. The van der Waals surface area contributed by atoms with Crippen molar-refractivity contribution >= 4 is 24.1 Å². The van der Waals surface area contributed by atoms with Gasteiger partial charge in [-0.2, -0.15) is 0 Å². The number of benzene rings is 1. The van der Waals surface area contributed by atoms with E-state index >= 15 is 0 Å². The van der Waals surface area contributed by atoms with E-state index in [4.69, 9.17) is 4.74 Å². The maximum absolute atomic E-state index is 11.6. The molecule has 3 rings (SSSR count). The Morgan fingerprint density at radius 2 is 1.96 bits per heavy atom. The van der Waals surface area contributed by atoms with E-state index in [0.717, 1.165) is 0 Å². The molecule has 0 atom stereocenters. The fourth-order valence-corrected chi connectivity index (χ4v) is 2.93. The van der Waals surface area contributed by atoms with Gasteiger partial charge in [0.25, 0.3) is 5.56 Å². The van der Waals surface area contributed by atoms with Crippen LogP contribution in [0.4, 0.5) is 0 Å². The summed E-state index contributed by atoms with van der Waals surface area (Å²) in [5.41, 5.74) is -0.914. The van der Waals surface area contributed by atoms with Gasteiger partial charge in [0.1, 0.15) is 23.3 Å². The summed E-state index contributed by atoms with van der Waals surface area (Å²) in [6, 6.07) is 5.84. The lowest BCUT2D eigenvalue weighted by molar-refractivity contribution is 0.300. The maximum Gasteiger partial charge on any atom is 0.359 e. The zero-order valence-corrected chi connectivity index (χ0v) is 13.1. The van der Waals surface area contributed by atoms with Crippen molar-refractivity contribution in [1.82, 2.24) is 19.5 Å². The van der Waals surface area contributed by atoms with Crippen LogP contribution >= 0.6 is 7.60 Å². The molecule has 4 N–H and O–H groups in total. The molecule has 0 fully saturated rings. The number of hydrogen-bond donors (Lipinski definition) is 4. The predicted octanol–water partition coefficient (Wildman–Crippen LogP) is -0.705. The molecule has 24 heavy (non-hydrogen) atoms. The first kappa shape index (κ1) is 16.2. The largest absolute Gasteiger partial charge is 0.491 e. The van der Waals surface area contributed by atoms with Crippen LogP contribution in [-0.4, -0.2) is 35.9 Å². The molecule has 0 bridgehead atoms. The zero-order chi connectivity index (χ0) is 17.3. The second-order valence-electron chi connectivity index (χ2n) is 4.90. The molecule has 2 heterocycles. The van der Waals surface area contributed by atoms with E-state index in [1.54, 1.807) is 6.07 Å². The van der Waals surface area contributed by atoms with Crippen LogP contribution in [0.2, 0.25) is 0 Å². The number of fused-ring (bicyclic) bond motifs is 1. The van der Waals surface area contributed by atoms with E-state index in [1.165, 1.54) is 29.1 Å². The summed E-state index contributed by atoms with van der Waals surface area (Å²) in [4.78, 5) is 50.0. The van der Waals surface area contributed by atoms with Gasteiger partial charge in [-0.3, -0.25) is 19.3 Å². The van der Waals surface area contributed by atoms with Crippen LogP contribution in [0.25, 0.3) is 11.2 Å². The summed E-state index contributed by atoms with van der Waals surface area (Å²) < 4.78 is 18.4. The molecule has 3 aromatic rings. The Kier molecular flexibility index (Phi) is 4.10. The van der Waals surface area contributed by atoms with Gasteiger partial charge in [-0.25, -0.2) is 9.78 Å². The molecule has 0 unspecified atom stereocenters. The molecule has 0 saturated heterocycles. The standard InChI is InChI=1S/C13H13N4O6P/c18-12-10-11(15-13(19)16-12)17(7-14-10)5-6-23-8-3-1-2-4-9(8)24(20,21)22/h1-4,7H,5-6H2,(H2,20,21,22)(H2,15,16,18,19). The minimum absolute atomic E-state index is 0.0529. The molecule has 0 amide bonds. The fraction of sp³-hybridized carbons (Fsp3) is 0.154. The van der Waals surface area contributed by atoms with Crippen LogP contribution in [0.5, 0.6) is 5.75 Å². The SMILES string of the molecule is O=c1[nH]c(=O)c2ncn(CCOc3ccccc3P(=O)(O)O)c2[nH]1. The van der Waals surface area contributed by atoms with Crippen molar-refractivity contribution < 1.29 is 19.1 Å². The van der Waals surface area contributed by atoms with Crippen LogP contribution in [0.1, 0.15) is 0 Å². The molecule has 1 aromatic carbocycles. The van der Waals surface area contributed by atoms with Crippen molar-refractivity contribution in [2.24, 2.45) is 0 Å². The molecule has 2 aromatic heterocycles. The van der Waals surface area contributed by atoms with E-state index < -0.39 is 18.8 Å². The van der Waals surface area contributed by atoms with Crippen LogP contribution in [0, 0.1) is 0 Å². The molecular formula is C13H13N4O6P. The third-order valence-electron chi connectivity index (χ3n) is 3.28. The Morgan fingerprint density at radius 1 is 1.21 bits per heavy atom. The molecule has 11 heteroatoms. The summed E-state index contributed by atoms with van der Waals surface area (Å²) in [5, 5.41) is -0.203. The normalized spacial score (nSPS) is 11.8.